The van der Waals surface area contributed by atoms with Crippen LogP contribution in [-0.4, -0.2) is 19.7 Å². The second kappa shape index (κ2) is 6.83. The number of nitro groups is 1. The van der Waals surface area contributed by atoms with Crippen LogP contribution in [-0.2, 0) is 13.1 Å². The number of aromatic nitrogens is 3. The molecule has 1 heterocycles. The molecular weight excluding hydrogens is 303 g/mol. The van der Waals surface area contributed by atoms with E-state index in [4.69, 9.17) is 0 Å². The topological polar surface area (TPSA) is 101 Å². The molecule has 1 aromatic heterocycles. The van der Waals surface area contributed by atoms with Crippen molar-refractivity contribution >= 4 is 11.4 Å². The highest BCUT2D eigenvalue weighted by Crippen LogP contribution is 2.25. The van der Waals surface area contributed by atoms with Gasteiger partial charge in [-0.05, 0) is 18.1 Å². The molecule has 0 saturated carbocycles. The largest absolute Gasteiger partial charge is 0.306 e. The summed E-state index contributed by atoms with van der Waals surface area (Å²) >= 11 is 0. The molecule has 0 radical (unpaired) electrons. The minimum atomic E-state index is -0.945. The van der Waals surface area contributed by atoms with Gasteiger partial charge in [0.1, 0.15) is 12.2 Å². The van der Waals surface area contributed by atoms with Gasteiger partial charge in [0.05, 0.1) is 17.2 Å². The van der Waals surface area contributed by atoms with E-state index >= 15 is 0 Å². The third kappa shape index (κ3) is 3.79. The lowest BCUT2D eigenvalue weighted by atomic mass is 10.2. The van der Waals surface area contributed by atoms with Gasteiger partial charge in [0.2, 0.25) is 5.82 Å². The van der Waals surface area contributed by atoms with Crippen molar-refractivity contribution in [3.05, 3.63) is 46.3 Å². The molecule has 9 heteroatoms. The van der Waals surface area contributed by atoms with Crippen molar-refractivity contribution in [2.45, 2.75) is 26.9 Å². The number of hydrogen-bond donors (Lipinski definition) is 0. The van der Waals surface area contributed by atoms with Crippen LogP contribution in [0.1, 0.15) is 19.7 Å². The summed E-state index contributed by atoms with van der Waals surface area (Å²) in [6, 6.07) is 3.31. The van der Waals surface area contributed by atoms with Crippen molar-refractivity contribution in [1.29, 1.82) is 5.26 Å². The molecule has 0 bridgehead atoms. The Morgan fingerprint density at radius 1 is 1.52 bits per heavy atom. The standard InChI is InChI=1S/C14H15FN6O2/c1-10(2)6-20-14(17-9-18-20)7-19(8-16)11-3-4-12(15)13(5-11)21(22)23/h3-5,9-10H,6-7H2,1-2H3. The molecule has 0 saturated heterocycles. The van der Waals surface area contributed by atoms with E-state index in [0.717, 1.165) is 12.1 Å². The van der Waals surface area contributed by atoms with Crippen LogP contribution in [0.2, 0.25) is 0 Å². The molecule has 0 spiro atoms. The van der Waals surface area contributed by atoms with E-state index in [2.05, 4.69) is 10.1 Å². The molecule has 1 aromatic carbocycles. The van der Waals surface area contributed by atoms with Gasteiger partial charge in [-0.15, -0.1) is 0 Å². The molecule has 0 fully saturated rings. The lowest BCUT2D eigenvalue weighted by Crippen LogP contribution is -2.21. The van der Waals surface area contributed by atoms with Gasteiger partial charge in [0.25, 0.3) is 0 Å². The van der Waals surface area contributed by atoms with Gasteiger partial charge in [0, 0.05) is 12.6 Å². The van der Waals surface area contributed by atoms with Crippen molar-refractivity contribution < 1.29 is 9.31 Å². The Morgan fingerprint density at radius 2 is 2.26 bits per heavy atom. The zero-order valence-corrected chi connectivity index (χ0v) is 12.7. The van der Waals surface area contributed by atoms with Crippen molar-refractivity contribution in [3.8, 4) is 6.19 Å². The smallest absolute Gasteiger partial charge is 0.272 e. The van der Waals surface area contributed by atoms with Crippen molar-refractivity contribution in [1.82, 2.24) is 14.8 Å². The second-order valence-electron chi connectivity index (χ2n) is 5.33. The summed E-state index contributed by atoms with van der Waals surface area (Å²) in [5.74, 6) is -0.0512. The molecule has 0 atom stereocenters. The summed E-state index contributed by atoms with van der Waals surface area (Å²) in [4.78, 5) is 15.3. The number of hydrogen-bond acceptors (Lipinski definition) is 6. The van der Waals surface area contributed by atoms with E-state index in [1.807, 2.05) is 20.0 Å². The Bertz CT molecular complexity index is 752. The normalized spacial score (nSPS) is 10.6. The molecule has 0 N–H and O–H groups in total. The van der Waals surface area contributed by atoms with Crippen molar-refractivity contribution in [3.63, 3.8) is 0 Å². The number of nitro benzene ring substituents is 1. The lowest BCUT2D eigenvalue weighted by Gasteiger charge is -2.16. The molecule has 2 rings (SSSR count). The first-order valence-electron chi connectivity index (χ1n) is 6.90. The minimum Gasteiger partial charge on any atom is -0.272 e. The monoisotopic (exact) mass is 318 g/mol. The first-order chi connectivity index (χ1) is 10.9. The highest BCUT2D eigenvalue weighted by atomic mass is 19.1. The van der Waals surface area contributed by atoms with Gasteiger partial charge < -0.3 is 0 Å². The van der Waals surface area contributed by atoms with Gasteiger partial charge in [-0.1, -0.05) is 13.8 Å². The summed E-state index contributed by atoms with van der Waals surface area (Å²) in [6.07, 6.45) is 3.32. The maximum absolute atomic E-state index is 13.4. The van der Waals surface area contributed by atoms with E-state index in [9.17, 15) is 19.8 Å². The minimum absolute atomic E-state index is 0.0893. The summed E-state index contributed by atoms with van der Waals surface area (Å²) < 4.78 is 15.1. The number of anilines is 1. The summed E-state index contributed by atoms with van der Waals surface area (Å²) in [5, 5.41) is 24.2. The van der Waals surface area contributed by atoms with Crippen LogP contribution < -0.4 is 4.90 Å². The highest BCUT2D eigenvalue weighted by molar-refractivity contribution is 5.56. The van der Waals surface area contributed by atoms with E-state index in [-0.39, 0.29) is 12.2 Å². The maximum Gasteiger partial charge on any atom is 0.306 e. The molecule has 0 unspecified atom stereocenters. The number of nitrogens with zero attached hydrogens (tertiary/aromatic N) is 6. The van der Waals surface area contributed by atoms with E-state index in [1.54, 1.807) is 4.68 Å². The molecule has 23 heavy (non-hydrogen) atoms. The summed E-state index contributed by atoms with van der Waals surface area (Å²) in [7, 11) is 0. The average Bonchev–Trinajstić information content (AvgIpc) is 2.91. The molecular formula is C14H15FN6O2. The molecule has 8 nitrogen and oxygen atoms in total. The van der Waals surface area contributed by atoms with E-state index in [1.165, 1.54) is 17.3 Å². The number of rotatable bonds is 6. The predicted octanol–water partition coefficient (Wildman–Crippen LogP) is 2.47. The number of benzene rings is 1. The molecule has 0 amide bonds. The zero-order chi connectivity index (χ0) is 17.0. The van der Waals surface area contributed by atoms with Crippen molar-refractivity contribution in [2.75, 3.05) is 4.90 Å². The molecule has 0 aliphatic carbocycles. The number of nitriles is 1. The third-order valence-corrected chi connectivity index (χ3v) is 3.09. The van der Waals surface area contributed by atoms with Crippen LogP contribution in [0, 0.1) is 33.3 Å². The van der Waals surface area contributed by atoms with Gasteiger partial charge in [-0.2, -0.15) is 14.8 Å². The van der Waals surface area contributed by atoms with Crippen LogP contribution >= 0.6 is 0 Å². The fraction of sp³-hybridized carbons (Fsp3) is 0.357. The zero-order valence-electron chi connectivity index (χ0n) is 12.7. The van der Waals surface area contributed by atoms with E-state index in [0.29, 0.717) is 18.3 Å². The Morgan fingerprint density at radius 3 is 2.87 bits per heavy atom. The van der Waals surface area contributed by atoms with Gasteiger partial charge in [0.15, 0.2) is 6.19 Å². The van der Waals surface area contributed by atoms with Crippen LogP contribution in [0.3, 0.4) is 0 Å². The maximum atomic E-state index is 13.4. The fourth-order valence-electron chi connectivity index (χ4n) is 2.04. The SMILES string of the molecule is CC(C)Cn1ncnc1CN(C#N)c1ccc(F)c([N+](=O)[O-])c1. The van der Waals surface area contributed by atoms with Crippen LogP contribution in [0.5, 0.6) is 0 Å². The first-order valence-corrected chi connectivity index (χ1v) is 6.90. The summed E-state index contributed by atoms with van der Waals surface area (Å²) in [5.41, 5.74) is -0.453. The van der Waals surface area contributed by atoms with Crippen LogP contribution in [0.15, 0.2) is 24.5 Å². The Labute approximate surface area is 131 Å². The highest BCUT2D eigenvalue weighted by Gasteiger charge is 2.19. The van der Waals surface area contributed by atoms with Gasteiger partial charge >= 0.3 is 5.69 Å². The lowest BCUT2D eigenvalue weighted by molar-refractivity contribution is -0.387. The van der Waals surface area contributed by atoms with Gasteiger partial charge in [-0.25, -0.2) is 9.67 Å². The Balaban J connectivity index is 2.28. The molecule has 0 aliphatic rings. The quantitative estimate of drug-likeness (QED) is 0.351. The first kappa shape index (κ1) is 16.4. The molecule has 120 valence electrons. The molecule has 2 aromatic rings. The summed E-state index contributed by atoms with van der Waals surface area (Å²) in [6.45, 7) is 4.78. The average molecular weight is 318 g/mol. The van der Waals surface area contributed by atoms with Crippen LogP contribution in [0.4, 0.5) is 15.8 Å². The van der Waals surface area contributed by atoms with E-state index < -0.39 is 16.4 Å². The second-order valence-corrected chi connectivity index (χ2v) is 5.33. The Hall–Kier alpha value is -3.02. The van der Waals surface area contributed by atoms with Crippen molar-refractivity contribution in [2.24, 2.45) is 5.92 Å². The predicted molar refractivity (Wildman–Crippen MR) is 79.7 cm³/mol. The van der Waals surface area contributed by atoms with Crippen LogP contribution in [0.25, 0.3) is 0 Å². The molecule has 0 aliphatic heterocycles. The van der Waals surface area contributed by atoms with Gasteiger partial charge in [-0.3, -0.25) is 15.0 Å². The fourth-order valence-corrected chi connectivity index (χ4v) is 2.04. The Kier molecular flexibility index (Phi) is 4.85. The number of halogens is 1. The third-order valence-electron chi connectivity index (χ3n) is 3.09.